The Morgan fingerprint density at radius 2 is 2.38 bits per heavy atom. The lowest BCUT2D eigenvalue weighted by atomic mass is 10.3. The number of hydrogen-bond acceptors (Lipinski definition) is 1. The smallest absolute Gasteiger partial charge is 0.189 e. The molecule has 3 nitrogen and oxygen atoms in total. The van der Waals surface area contributed by atoms with Gasteiger partial charge in [0.25, 0.3) is 0 Å². The van der Waals surface area contributed by atoms with Crippen molar-refractivity contribution in [3.05, 3.63) is 35.9 Å². The van der Waals surface area contributed by atoms with E-state index in [0.29, 0.717) is 5.69 Å². The van der Waals surface area contributed by atoms with Crippen LogP contribution in [-0.4, -0.2) is 9.55 Å². The number of aromatic nitrogens is 2. The van der Waals surface area contributed by atoms with Gasteiger partial charge in [0, 0.05) is 6.54 Å². The average Bonchev–Trinajstić information content (AvgIpc) is 2.59. The molecule has 13 heavy (non-hydrogen) atoms. The van der Waals surface area contributed by atoms with Crippen LogP contribution in [0.15, 0.2) is 24.5 Å². The summed E-state index contributed by atoms with van der Waals surface area (Å²) >= 11 is 0. The van der Waals surface area contributed by atoms with Gasteiger partial charge in [0.05, 0.1) is 23.9 Å². The van der Waals surface area contributed by atoms with E-state index in [2.05, 4.69) is 21.3 Å². The Morgan fingerprint density at radius 3 is 3.08 bits per heavy atom. The Labute approximate surface area is 76.4 Å². The van der Waals surface area contributed by atoms with Crippen LogP contribution in [0.2, 0.25) is 0 Å². The summed E-state index contributed by atoms with van der Waals surface area (Å²) in [6.07, 6.45) is 1.80. The van der Waals surface area contributed by atoms with Gasteiger partial charge in [-0.05, 0) is 19.1 Å². The SMILES string of the molecule is [C-]#[N+]c1ccc2c(c1)ncn2CC. The summed E-state index contributed by atoms with van der Waals surface area (Å²) in [6.45, 7) is 9.84. The molecule has 0 N–H and O–H groups in total. The second-order valence-electron chi connectivity index (χ2n) is 2.82. The van der Waals surface area contributed by atoms with E-state index in [9.17, 15) is 0 Å². The van der Waals surface area contributed by atoms with Crippen molar-refractivity contribution in [3.63, 3.8) is 0 Å². The third-order valence-electron chi connectivity index (χ3n) is 2.07. The molecule has 0 unspecified atom stereocenters. The molecule has 1 aromatic carbocycles. The zero-order valence-corrected chi connectivity index (χ0v) is 7.36. The van der Waals surface area contributed by atoms with E-state index in [1.54, 1.807) is 6.33 Å². The highest BCUT2D eigenvalue weighted by molar-refractivity contribution is 5.79. The van der Waals surface area contributed by atoms with Crippen LogP contribution >= 0.6 is 0 Å². The molecule has 64 valence electrons. The van der Waals surface area contributed by atoms with Crippen LogP contribution < -0.4 is 0 Å². The maximum atomic E-state index is 6.86. The maximum Gasteiger partial charge on any atom is 0.189 e. The molecule has 2 rings (SSSR count). The molecule has 2 aromatic rings. The van der Waals surface area contributed by atoms with E-state index >= 15 is 0 Å². The largest absolute Gasteiger partial charge is 0.331 e. The average molecular weight is 171 g/mol. The normalized spacial score (nSPS) is 10.2. The van der Waals surface area contributed by atoms with Gasteiger partial charge in [-0.1, -0.05) is 6.07 Å². The fraction of sp³-hybridized carbons (Fsp3) is 0.200. The van der Waals surface area contributed by atoms with Crippen LogP contribution in [0.5, 0.6) is 0 Å². The van der Waals surface area contributed by atoms with E-state index in [0.717, 1.165) is 17.6 Å². The van der Waals surface area contributed by atoms with Crippen LogP contribution in [0.1, 0.15) is 6.92 Å². The molecule has 0 saturated carbocycles. The van der Waals surface area contributed by atoms with Gasteiger partial charge in [-0.2, -0.15) is 0 Å². The van der Waals surface area contributed by atoms with Crippen LogP contribution in [0, 0.1) is 6.57 Å². The first-order chi connectivity index (χ1) is 6.35. The minimum Gasteiger partial charge on any atom is -0.331 e. The molecule has 3 heteroatoms. The van der Waals surface area contributed by atoms with Gasteiger partial charge in [-0.15, -0.1) is 0 Å². The molecule has 0 amide bonds. The van der Waals surface area contributed by atoms with Crippen molar-refractivity contribution in [2.45, 2.75) is 13.5 Å². The van der Waals surface area contributed by atoms with Gasteiger partial charge in [0.1, 0.15) is 0 Å². The fourth-order valence-electron chi connectivity index (χ4n) is 1.37. The standard InChI is InChI=1S/C10H9N3/c1-3-13-7-12-9-6-8(11-2)4-5-10(9)13/h4-7H,3H2,1H3. The molecule has 0 bridgehead atoms. The summed E-state index contributed by atoms with van der Waals surface area (Å²) in [4.78, 5) is 7.57. The third-order valence-corrected chi connectivity index (χ3v) is 2.07. The molecular weight excluding hydrogens is 162 g/mol. The van der Waals surface area contributed by atoms with E-state index in [1.807, 2.05) is 18.2 Å². The lowest BCUT2D eigenvalue weighted by Gasteiger charge is -1.97. The molecular formula is C10H9N3. The lowest BCUT2D eigenvalue weighted by molar-refractivity contribution is 0.787. The number of benzene rings is 1. The molecule has 1 heterocycles. The molecule has 0 aliphatic rings. The third kappa shape index (κ3) is 1.17. The minimum atomic E-state index is 0.647. The quantitative estimate of drug-likeness (QED) is 0.604. The summed E-state index contributed by atoms with van der Waals surface area (Å²) in [6, 6.07) is 5.58. The Balaban J connectivity index is 2.70. The van der Waals surface area contributed by atoms with Crippen molar-refractivity contribution >= 4 is 16.7 Å². The van der Waals surface area contributed by atoms with Crippen molar-refractivity contribution in [1.29, 1.82) is 0 Å². The monoisotopic (exact) mass is 171 g/mol. The van der Waals surface area contributed by atoms with Crippen LogP contribution in [0.3, 0.4) is 0 Å². The molecule has 0 aliphatic carbocycles. The van der Waals surface area contributed by atoms with E-state index in [4.69, 9.17) is 6.57 Å². The van der Waals surface area contributed by atoms with Gasteiger partial charge in [0.2, 0.25) is 0 Å². The molecule has 0 radical (unpaired) electrons. The number of nitrogens with zero attached hydrogens (tertiary/aromatic N) is 3. The first kappa shape index (κ1) is 7.81. The van der Waals surface area contributed by atoms with E-state index in [-0.39, 0.29) is 0 Å². The summed E-state index contributed by atoms with van der Waals surface area (Å²) in [5, 5.41) is 0. The molecule has 1 aromatic heterocycles. The molecule has 0 atom stereocenters. The van der Waals surface area contributed by atoms with E-state index < -0.39 is 0 Å². The maximum absolute atomic E-state index is 6.86. The highest BCUT2D eigenvalue weighted by Crippen LogP contribution is 2.19. The predicted molar refractivity (Wildman–Crippen MR) is 51.7 cm³/mol. The number of rotatable bonds is 1. The van der Waals surface area contributed by atoms with Gasteiger partial charge < -0.3 is 4.57 Å². The first-order valence-corrected chi connectivity index (χ1v) is 4.17. The zero-order valence-electron chi connectivity index (χ0n) is 7.36. The summed E-state index contributed by atoms with van der Waals surface area (Å²) in [7, 11) is 0. The summed E-state index contributed by atoms with van der Waals surface area (Å²) in [5.74, 6) is 0. The Morgan fingerprint density at radius 1 is 1.54 bits per heavy atom. The number of fused-ring (bicyclic) bond motifs is 1. The van der Waals surface area contributed by atoms with Gasteiger partial charge in [-0.25, -0.2) is 9.83 Å². The second kappa shape index (κ2) is 2.91. The lowest BCUT2D eigenvalue weighted by Crippen LogP contribution is -1.89. The van der Waals surface area contributed by atoms with Crippen molar-refractivity contribution in [3.8, 4) is 0 Å². The Hall–Kier alpha value is -1.82. The fourth-order valence-corrected chi connectivity index (χ4v) is 1.37. The molecule has 0 aliphatic heterocycles. The van der Waals surface area contributed by atoms with Gasteiger partial charge in [-0.3, -0.25) is 0 Å². The van der Waals surface area contributed by atoms with Crippen molar-refractivity contribution in [1.82, 2.24) is 9.55 Å². The van der Waals surface area contributed by atoms with Gasteiger partial charge >= 0.3 is 0 Å². The second-order valence-corrected chi connectivity index (χ2v) is 2.82. The molecule has 0 saturated heterocycles. The Kier molecular flexibility index (Phi) is 1.75. The number of hydrogen-bond donors (Lipinski definition) is 0. The van der Waals surface area contributed by atoms with Crippen LogP contribution in [0.4, 0.5) is 5.69 Å². The topological polar surface area (TPSA) is 22.2 Å². The number of imidazole rings is 1. The van der Waals surface area contributed by atoms with Crippen molar-refractivity contribution in [2.75, 3.05) is 0 Å². The molecule has 0 fully saturated rings. The van der Waals surface area contributed by atoms with Crippen molar-refractivity contribution in [2.24, 2.45) is 0 Å². The van der Waals surface area contributed by atoms with Crippen molar-refractivity contribution < 1.29 is 0 Å². The zero-order chi connectivity index (χ0) is 9.26. The van der Waals surface area contributed by atoms with Crippen LogP contribution in [-0.2, 0) is 6.54 Å². The summed E-state index contributed by atoms with van der Waals surface area (Å²) in [5.41, 5.74) is 2.64. The summed E-state index contributed by atoms with van der Waals surface area (Å²) < 4.78 is 2.06. The molecule has 0 spiro atoms. The first-order valence-electron chi connectivity index (χ1n) is 4.17. The van der Waals surface area contributed by atoms with Crippen LogP contribution in [0.25, 0.3) is 15.9 Å². The Bertz CT molecular complexity index is 476. The highest BCUT2D eigenvalue weighted by atomic mass is 15.0. The minimum absolute atomic E-state index is 0.647. The van der Waals surface area contributed by atoms with E-state index in [1.165, 1.54) is 0 Å². The predicted octanol–water partition coefficient (Wildman–Crippen LogP) is 2.61. The highest BCUT2D eigenvalue weighted by Gasteiger charge is 2.00. The van der Waals surface area contributed by atoms with Gasteiger partial charge in [0.15, 0.2) is 5.69 Å². The number of aryl methyl sites for hydroxylation is 1.